The van der Waals surface area contributed by atoms with Crippen LogP contribution in [-0.2, 0) is 21.6 Å². The number of rotatable bonds is 1. The molecule has 2 saturated carbocycles. The van der Waals surface area contributed by atoms with E-state index < -0.39 is 31.8 Å². The van der Waals surface area contributed by atoms with E-state index in [-0.39, 0.29) is 10.8 Å². The summed E-state index contributed by atoms with van der Waals surface area (Å²) in [6, 6.07) is 0. The first-order valence-corrected chi connectivity index (χ1v) is 9.97. The highest BCUT2D eigenvalue weighted by Crippen LogP contribution is 2.71. The Hall–Kier alpha value is 0.260. The summed E-state index contributed by atoms with van der Waals surface area (Å²) in [5, 5.41) is 11.4. The maximum Gasteiger partial charge on any atom is 0.139 e. The lowest BCUT2D eigenvalue weighted by molar-refractivity contribution is -0.0777. The molecule has 0 amide bonds. The Labute approximate surface area is 120 Å². The fourth-order valence-electron chi connectivity index (χ4n) is 4.80. The van der Waals surface area contributed by atoms with Crippen LogP contribution in [0.25, 0.3) is 0 Å². The fourth-order valence-corrected chi connectivity index (χ4v) is 9.38. The summed E-state index contributed by atoms with van der Waals surface area (Å²) in [5.41, 5.74) is -1.21. The van der Waals surface area contributed by atoms with Gasteiger partial charge in [-0.3, -0.25) is 8.42 Å². The summed E-state index contributed by atoms with van der Waals surface area (Å²) in [5.74, 6) is 1.66. The van der Waals surface area contributed by atoms with Crippen molar-refractivity contribution in [3.63, 3.8) is 0 Å². The van der Waals surface area contributed by atoms with E-state index >= 15 is 0 Å². The summed E-state index contributed by atoms with van der Waals surface area (Å²) < 4.78 is 24.2. The van der Waals surface area contributed by atoms with Gasteiger partial charge in [-0.1, -0.05) is 20.8 Å². The van der Waals surface area contributed by atoms with Crippen LogP contribution in [0.3, 0.4) is 0 Å². The van der Waals surface area contributed by atoms with Gasteiger partial charge in [-0.25, -0.2) is 0 Å². The van der Waals surface area contributed by atoms with Gasteiger partial charge >= 0.3 is 0 Å². The Bertz CT molecular complexity index is 446. The molecule has 1 aliphatic heterocycles. The molecule has 2 bridgehead atoms. The van der Waals surface area contributed by atoms with Gasteiger partial charge in [0.05, 0.1) is 5.60 Å². The quantitative estimate of drug-likeness (QED) is 0.803. The lowest BCUT2D eigenvalue weighted by atomic mass is 9.65. The zero-order valence-electron chi connectivity index (χ0n) is 12.0. The third-order valence-electron chi connectivity index (χ3n) is 6.51. The Kier molecular flexibility index (Phi) is 3.09. The van der Waals surface area contributed by atoms with Crippen LogP contribution in [0.4, 0.5) is 0 Å². The first-order valence-electron chi connectivity index (χ1n) is 7.21. The van der Waals surface area contributed by atoms with Crippen LogP contribution >= 0.6 is 0 Å². The first kappa shape index (κ1) is 14.2. The van der Waals surface area contributed by atoms with E-state index in [2.05, 4.69) is 20.8 Å². The molecule has 1 saturated heterocycles. The molecule has 3 nitrogen and oxygen atoms in total. The van der Waals surface area contributed by atoms with Crippen molar-refractivity contribution in [2.45, 2.75) is 56.6 Å². The third kappa shape index (κ3) is 1.58. The van der Waals surface area contributed by atoms with Gasteiger partial charge in [0.15, 0.2) is 0 Å². The number of hydrogen-bond donors (Lipinski definition) is 1. The van der Waals surface area contributed by atoms with Crippen LogP contribution in [0.1, 0.15) is 46.5 Å². The van der Waals surface area contributed by atoms with Gasteiger partial charge < -0.3 is 5.11 Å². The molecule has 1 N–H and O–H groups in total. The monoisotopic (exact) mass is 304 g/mol. The first-order chi connectivity index (χ1) is 8.74. The fraction of sp³-hybridized carbons (Fsp3) is 1.00. The van der Waals surface area contributed by atoms with Crippen molar-refractivity contribution in [1.82, 2.24) is 0 Å². The van der Waals surface area contributed by atoms with E-state index in [1.165, 1.54) is 0 Å². The molecule has 5 heteroatoms. The molecule has 3 rings (SSSR count). The Morgan fingerprint density at radius 3 is 2.11 bits per heavy atom. The van der Waals surface area contributed by atoms with Crippen molar-refractivity contribution in [2.24, 2.45) is 16.7 Å². The molecule has 2 unspecified atom stereocenters. The molecule has 0 aromatic rings. The van der Waals surface area contributed by atoms with Gasteiger partial charge in [0, 0.05) is 38.5 Å². The zero-order chi connectivity index (χ0) is 14.1. The second-order valence-electron chi connectivity index (χ2n) is 7.27. The Morgan fingerprint density at radius 2 is 1.68 bits per heavy atom. The predicted octanol–water partition coefficient (Wildman–Crippen LogP) is 1.79. The van der Waals surface area contributed by atoms with Gasteiger partial charge in [0.25, 0.3) is 0 Å². The lowest BCUT2D eigenvalue weighted by Gasteiger charge is -2.49. The van der Waals surface area contributed by atoms with Crippen LogP contribution in [0, 0.1) is 16.7 Å². The molecule has 0 radical (unpaired) electrons. The zero-order valence-corrected chi connectivity index (χ0v) is 13.6. The van der Waals surface area contributed by atoms with E-state index in [0.29, 0.717) is 23.8 Å². The lowest BCUT2D eigenvalue weighted by Crippen LogP contribution is -2.59. The van der Waals surface area contributed by atoms with E-state index in [1.807, 2.05) is 0 Å². The average Bonchev–Trinajstić information content (AvgIpc) is 2.60. The molecule has 0 aromatic carbocycles. The molecule has 19 heavy (non-hydrogen) atoms. The van der Waals surface area contributed by atoms with Gasteiger partial charge in [0.1, 0.15) is 4.58 Å². The molecule has 1 heterocycles. The molecule has 0 aromatic heterocycles. The van der Waals surface area contributed by atoms with Crippen molar-refractivity contribution < 1.29 is 13.5 Å². The largest absolute Gasteiger partial charge is 0.387 e. The third-order valence-corrected chi connectivity index (χ3v) is 10.9. The Morgan fingerprint density at radius 1 is 1.11 bits per heavy atom. The molecule has 3 fully saturated rings. The summed E-state index contributed by atoms with van der Waals surface area (Å²) in [6.45, 7) is 6.57. The van der Waals surface area contributed by atoms with Crippen LogP contribution in [-0.4, -0.2) is 35.2 Å². The van der Waals surface area contributed by atoms with Crippen LogP contribution in [0.2, 0.25) is 0 Å². The van der Waals surface area contributed by atoms with E-state index in [9.17, 15) is 13.5 Å². The smallest absolute Gasteiger partial charge is 0.139 e. The minimum Gasteiger partial charge on any atom is -0.387 e. The summed E-state index contributed by atoms with van der Waals surface area (Å²) in [6.07, 6.45) is 3.54. The predicted molar refractivity (Wildman–Crippen MR) is 78.6 cm³/mol. The van der Waals surface area contributed by atoms with Crippen LogP contribution < -0.4 is 0 Å². The minimum absolute atomic E-state index is 0.0492. The van der Waals surface area contributed by atoms with Gasteiger partial charge in [0.2, 0.25) is 0 Å². The average molecular weight is 304 g/mol. The molecule has 0 spiro atoms. The molecular formula is C14H24O3S2. The Balaban J connectivity index is 2.05. The molecule has 2 aliphatic carbocycles. The van der Waals surface area contributed by atoms with Gasteiger partial charge in [-0.05, 0) is 37.0 Å². The van der Waals surface area contributed by atoms with Gasteiger partial charge in [-0.2, -0.15) is 0 Å². The van der Waals surface area contributed by atoms with E-state index in [0.717, 1.165) is 19.3 Å². The van der Waals surface area contributed by atoms with Crippen molar-refractivity contribution in [2.75, 3.05) is 11.5 Å². The summed E-state index contributed by atoms with van der Waals surface area (Å²) in [7, 11) is -2.30. The topological polar surface area (TPSA) is 54.4 Å². The highest BCUT2D eigenvalue weighted by molar-refractivity contribution is 8.03. The summed E-state index contributed by atoms with van der Waals surface area (Å²) in [4.78, 5) is 0. The maximum absolute atomic E-state index is 12.4. The number of aliphatic hydroxyl groups is 1. The molecule has 110 valence electrons. The van der Waals surface area contributed by atoms with Crippen molar-refractivity contribution in [3.05, 3.63) is 0 Å². The minimum atomic E-state index is -1.15. The normalized spacial score (nSPS) is 56.4. The second-order valence-corrected chi connectivity index (χ2v) is 10.9. The standard InChI is InChI=1S/C14H24O3S2/c1-12(2)10-5-6-13(12,3)14(15,9-10)11-18(16)7-4-8-19(11)17/h10-11,15H,4-9H2,1-3H3/t10-,11?,13-,14+,18?,19?/m1/s1. The molecule has 5 atom stereocenters. The second kappa shape index (κ2) is 4.14. The van der Waals surface area contributed by atoms with Gasteiger partial charge in [-0.15, -0.1) is 0 Å². The summed E-state index contributed by atoms with van der Waals surface area (Å²) >= 11 is 0. The number of fused-ring (bicyclic) bond motifs is 2. The molecule has 3 aliphatic rings. The highest BCUT2D eigenvalue weighted by Gasteiger charge is 2.72. The van der Waals surface area contributed by atoms with Crippen LogP contribution in [0.15, 0.2) is 0 Å². The molecular weight excluding hydrogens is 280 g/mol. The van der Waals surface area contributed by atoms with Crippen molar-refractivity contribution in [1.29, 1.82) is 0 Å². The SMILES string of the molecule is CC1(C)[C@@H]2CC[C@@]1(C)[C@@](O)(C1S(=O)CCCS1=O)C2. The van der Waals surface area contributed by atoms with Crippen molar-refractivity contribution in [3.8, 4) is 0 Å². The van der Waals surface area contributed by atoms with E-state index in [4.69, 9.17) is 0 Å². The van der Waals surface area contributed by atoms with Crippen LogP contribution in [0.5, 0.6) is 0 Å². The maximum atomic E-state index is 12.4. The number of hydrogen-bond acceptors (Lipinski definition) is 3. The highest BCUT2D eigenvalue weighted by atomic mass is 32.2. The van der Waals surface area contributed by atoms with Crippen molar-refractivity contribution >= 4 is 21.6 Å². The van der Waals surface area contributed by atoms with E-state index in [1.54, 1.807) is 0 Å².